The second kappa shape index (κ2) is 8.90. The number of methoxy groups -OCH3 is 2. The zero-order valence-corrected chi connectivity index (χ0v) is 15.4. The molecule has 0 saturated heterocycles. The first-order valence-electron chi connectivity index (χ1n) is 7.33. The number of halogens is 1. The van der Waals surface area contributed by atoms with Gasteiger partial charge in [0, 0.05) is 0 Å². The van der Waals surface area contributed by atoms with Crippen molar-refractivity contribution >= 4 is 28.0 Å². The molecule has 0 aromatic heterocycles. The zero-order chi connectivity index (χ0) is 18.2. The minimum absolute atomic E-state index is 0.102. The van der Waals surface area contributed by atoms with E-state index in [-0.39, 0.29) is 5.57 Å². The van der Waals surface area contributed by atoms with E-state index in [4.69, 9.17) is 14.7 Å². The maximum atomic E-state index is 11.5. The highest BCUT2D eigenvalue weighted by Crippen LogP contribution is 2.37. The molecule has 0 unspecified atom stereocenters. The van der Waals surface area contributed by atoms with E-state index in [1.807, 2.05) is 36.4 Å². The van der Waals surface area contributed by atoms with Gasteiger partial charge in [0.05, 0.1) is 18.7 Å². The van der Waals surface area contributed by atoms with Gasteiger partial charge in [-0.3, -0.25) is 0 Å². The average Bonchev–Trinajstić information content (AvgIpc) is 2.65. The fourth-order valence-electron chi connectivity index (χ4n) is 2.11. The molecule has 0 aliphatic rings. The molecule has 2 aromatic carbocycles. The maximum absolute atomic E-state index is 11.5. The van der Waals surface area contributed by atoms with Gasteiger partial charge in [0.25, 0.3) is 0 Å². The number of hydrogen-bond acceptors (Lipinski definition) is 5. The Hall–Kier alpha value is -2.78. The third-order valence-electron chi connectivity index (χ3n) is 3.31. The number of ether oxygens (including phenoxy) is 3. The molecule has 0 aliphatic carbocycles. The standard InChI is InChI=1S/C19H16BrNO4/c1-23-17-10-14(8-15(11-21)19(22)24-2)9-16(20)18(17)25-12-13-6-4-3-5-7-13/h3-10H,12H2,1-2H3. The van der Waals surface area contributed by atoms with Crippen LogP contribution in [0, 0.1) is 11.3 Å². The summed E-state index contributed by atoms with van der Waals surface area (Å²) >= 11 is 3.44. The first-order chi connectivity index (χ1) is 12.1. The van der Waals surface area contributed by atoms with E-state index < -0.39 is 5.97 Å². The van der Waals surface area contributed by atoms with Gasteiger partial charge in [0.2, 0.25) is 0 Å². The Labute approximate surface area is 154 Å². The number of nitrogens with zero attached hydrogens (tertiary/aromatic N) is 1. The molecule has 2 rings (SSSR count). The quantitative estimate of drug-likeness (QED) is 0.413. The lowest BCUT2D eigenvalue weighted by Crippen LogP contribution is -2.03. The van der Waals surface area contributed by atoms with Crippen LogP contribution in [-0.4, -0.2) is 20.2 Å². The molecular weight excluding hydrogens is 386 g/mol. The van der Waals surface area contributed by atoms with Crippen LogP contribution in [0.25, 0.3) is 6.08 Å². The lowest BCUT2D eigenvalue weighted by Gasteiger charge is -2.13. The Morgan fingerprint density at radius 1 is 1.24 bits per heavy atom. The number of carbonyl (C=O) groups excluding carboxylic acids is 1. The van der Waals surface area contributed by atoms with Crippen LogP contribution < -0.4 is 9.47 Å². The smallest absolute Gasteiger partial charge is 0.348 e. The number of benzene rings is 2. The van der Waals surface area contributed by atoms with Gasteiger partial charge in [0.1, 0.15) is 18.2 Å². The van der Waals surface area contributed by atoms with Crippen LogP contribution in [0.1, 0.15) is 11.1 Å². The van der Waals surface area contributed by atoms with Gasteiger partial charge >= 0.3 is 5.97 Å². The molecule has 0 N–H and O–H groups in total. The SMILES string of the molecule is COC(=O)C(C#N)=Cc1cc(Br)c(OCc2ccccc2)c(OC)c1. The van der Waals surface area contributed by atoms with Crippen LogP contribution in [-0.2, 0) is 16.1 Å². The van der Waals surface area contributed by atoms with E-state index in [2.05, 4.69) is 20.7 Å². The van der Waals surface area contributed by atoms with E-state index in [0.717, 1.165) is 5.56 Å². The fraction of sp³-hybridized carbons (Fsp3) is 0.158. The molecule has 6 heteroatoms. The summed E-state index contributed by atoms with van der Waals surface area (Å²) in [6.45, 7) is 0.386. The Balaban J connectivity index is 2.30. The molecule has 0 amide bonds. The van der Waals surface area contributed by atoms with E-state index in [1.54, 1.807) is 12.1 Å². The van der Waals surface area contributed by atoms with Crippen molar-refractivity contribution in [1.82, 2.24) is 0 Å². The molecule has 2 aromatic rings. The highest BCUT2D eigenvalue weighted by Gasteiger charge is 2.14. The third kappa shape index (κ3) is 4.85. The monoisotopic (exact) mass is 401 g/mol. The van der Waals surface area contributed by atoms with Crippen LogP contribution in [0.4, 0.5) is 0 Å². The maximum Gasteiger partial charge on any atom is 0.348 e. The number of esters is 1. The van der Waals surface area contributed by atoms with Gasteiger partial charge in [-0.1, -0.05) is 30.3 Å². The Bertz CT molecular complexity index is 825. The van der Waals surface area contributed by atoms with Gasteiger partial charge in [-0.2, -0.15) is 5.26 Å². The number of rotatable bonds is 6. The number of nitriles is 1. The third-order valence-corrected chi connectivity index (χ3v) is 3.90. The molecule has 0 heterocycles. The molecule has 0 spiro atoms. The normalized spacial score (nSPS) is 10.7. The first-order valence-corrected chi connectivity index (χ1v) is 8.12. The topological polar surface area (TPSA) is 68.6 Å². The first kappa shape index (κ1) is 18.6. The minimum Gasteiger partial charge on any atom is -0.493 e. The van der Waals surface area contributed by atoms with Crippen molar-refractivity contribution in [3.8, 4) is 17.6 Å². The van der Waals surface area contributed by atoms with Crippen LogP contribution in [0.3, 0.4) is 0 Å². The van der Waals surface area contributed by atoms with Crippen LogP contribution >= 0.6 is 15.9 Å². The molecule has 0 aliphatic heterocycles. The van der Waals surface area contributed by atoms with Crippen LogP contribution in [0.2, 0.25) is 0 Å². The number of hydrogen-bond donors (Lipinski definition) is 0. The van der Waals surface area contributed by atoms with Crippen molar-refractivity contribution in [1.29, 1.82) is 5.26 Å². The Morgan fingerprint density at radius 3 is 2.56 bits per heavy atom. The van der Waals surface area contributed by atoms with Gasteiger partial charge in [-0.15, -0.1) is 0 Å². The van der Waals surface area contributed by atoms with Gasteiger partial charge in [0.15, 0.2) is 11.5 Å². The van der Waals surface area contributed by atoms with Crippen molar-refractivity contribution in [3.05, 3.63) is 63.6 Å². The van der Waals surface area contributed by atoms with Crippen LogP contribution in [0.15, 0.2) is 52.5 Å². The van der Waals surface area contributed by atoms with Gasteiger partial charge in [-0.25, -0.2) is 4.79 Å². The lowest BCUT2D eigenvalue weighted by atomic mass is 10.1. The van der Waals surface area contributed by atoms with Crippen LogP contribution in [0.5, 0.6) is 11.5 Å². The molecule has 5 nitrogen and oxygen atoms in total. The molecule has 25 heavy (non-hydrogen) atoms. The highest BCUT2D eigenvalue weighted by atomic mass is 79.9. The van der Waals surface area contributed by atoms with Crippen molar-refractivity contribution < 1.29 is 19.0 Å². The van der Waals surface area contributed by atoms with E-state index in [0.29, 0.717) is 28.1 Å². The van der Waals surface area contributed by atoms with Crippen molar-refractivity contribution in [2.24, 2.45) is 0 Å². The Kier molecular flexibility index (Phi) is 6.61. The molecule has 0 bridgehead atoms. The van der Waals surface area contributed by atoms with E-state index >= 15 is 0 Å². The molecule has 0 fully saturated rings. The lowest BCUT2D eigenvalue weighted by molar-refractivity contribution is -0.135. The summed E-state index contributed by atoms with van der Waals surface area (Å²) in [6, 6.07) is 15.0. The summed E-state index contributed by atoms with van der Waals surface area (Å²) in [7, 11) is 2.75. The van der Waals surface area contributed by atoms with Crippen molar-refractivity contribution in [3.63, 3.8) is 0 Å². The van der Waals surface area contributed by atoms with Gasteiger partial charge in [-0.05, 0) is 45.3 Å². The minimum atomic E-state index is -0.693. The summed E-state index contributed by atoms with van der Waals surface area (Å²) in [5, 5.41) is 9.06. The second-order valence-electron chi connectivity index (χ2n) is 4.97. The zero-order valence-electron chi connectivity index (χ0n) is 13.8. The van der Waals surface area contributed by atoms with Gasteiger partial charge < -0.3 is 14.2 Å². The van der Waals surface area contributed by atoms with E-state index in [1.165, 1.54) is 20.3 Å². The molecule has 128 valence electrons. The second-order valence-corrected chi connectivity index (χ2v) is 5.82. The molecule has 0 atom stereocenters. The fourth-order valence-corrected chi connectivity index (χ4v) is 2.68. The van der Waals surface area contributed by atoms with Crippen molar-refractivity contribution in [2.45, 2.75) is 6.61 Å². The summed E-state index contributed by atoms with van der Waals surface area (Å²) in [4.78, 5) is 11.5. The van der Waals surface area contributed by atoms with Crippen molar-refractivity contribution in [2.75, 3.05) is 14.2 Å². The summed E-state index contributed by atoms with van der Waals surface area (Å²) in [5.41, 5.74) is 1.53. The molecular formula is C19H16BrNO4. The predicted octanol–water partition coefficient (Wildman–Crippen LogP) is 4.12. The summed E-state index contributed by atoms with van der Waals surface area (Å²) in [6.07, 6.45) is 1.43. The summed E-state index contributed by atoms with van der Waals surface area (Å²) < 4.78 is 16.4. The number of carbonyl (C=O) groups is 1. The molecule has 0 saturated carbocycles. The average molecular weight is 402 g/mol. The highest BCUT2D eigenvalue weighted by molar-refractivity contribution is 9.10. The predicted molar refractivity (Wildman–Crippen MR) is 97.1 cm³/mol. The molecule has 0 radical (unpaired) electrons. The summed E-state index contributed by atoms with van der Waals surface area (Å²) in [5.74, 6) is 0.334. The largest absolute Gasteiger partial charge is 0.493 e. The Morgan fingerprint density at radius 2 is 1.96 bits per heavy atom. The van der Waals surface area contributed by atoms with E-state index in [9.17, 15) is 4.79 Å².